The Morgan fingerprint density at radius 2 is 2.00 bits per heavy atom. The molecule has 1 aliphatic rings. The van der Waals surface area contributed by atoms with Crippen molar-refractivity contribution in [1.82, 2.24) is 5.01 Å². The van der Waals surface area contributed by atoms with E-state index in [1.807, 2.05) is 34.6 Å². The zero-order valence-corrected chi connectivity index (χ0v) is 17.4. The lowest BCUT2D eigenvalue weighted by atomic mass is 9.99. The molecule has 0 aromatic carbocycles. The van der Waals surface area contributed by atoms with E-state index < -0.39 is 11.6 Å². The third-order valence-corrected chi connectivity index (χ3v) is 3.79. The number of furan rings is 1. The first-order chi connectivity index (χ1) is 13.1. The van der Waals surface area contributed by atoms with Gasteiger partial charge in [-0.1, -0.05) is 20.4 Å². The number of hydrogen-bond acceptors (Lipinski definition) is 7. The zero-order chi connectivity index (χ0) is 21.1. The van der Waals surface area contributed by atoms with Gasteiger partial charge in [0, 0.05) is 5.92 Å². The van der Waals surface area contributed by atoms with E-state index in [0.717, 1.165) is 0 Å². The highest BCUT2D eigenvalue weighted by molar-refractivity contribution is 6.05. The second kappa shape index (κ2) is 8.48. The average Bonchev–Trinajstić information content (AvgIpc) is 2.95. The molecular weight excluding hydrogens is 360 g/mol. The molecule has 1 aliphatic heterocycles. The van der Waals surface area contributed by atoms with E-state index in [1.165, 1.54) is 5.01 Å². The average molecular weight is 388 g/mol. The summed E-state index contributed by atoms with van der Waals surface area (Å²) in [6, 6.07) is 1.75. The topological polar surface area (TPSA) is 81.3 Å². The van der Waals surface area contributed by atoms with E-state index in [1.54, 1.807) is 13.0 Å². The number of nitrogens with zero attached hydrogens (tertiary/aromatic N) is 2. The van der Waals surface area contributed by atoms with Crippen LogP contribution in [0.4, 0.5) is 0 Å². The molecule has 0 atom stereocenters. The highest BCUT2D eigenvalue weighted by Gasteiger charge is 2.31. The maximum absolute atomic E-state index is 12.2. The monoisotopic (exact) mass is 388 g/mol. The molecule has 7 heteroatoms. The Hall–Kier alpha value is -2.79. The largest absolute Gasteiger partial charge is 0.465 e. The van der Waals surface area contributed by atoms with Crippen LogP contribution in [0.15, 0.2) is 27.9 Å². The third kappa shape index (κ3) is 5.14. The van der Waals surface area contributed by atoms with Crippen LogP contribution in [0.2, 0.25) is 0 Å². The molecule has 2 rings (SSSR count). The maximum atomic E-state index is 12.2. The van der Waals surface area contributed by atoms with E-state index >= 15 is 0 Å². The van der Waals surface area contributed by atoms with Gasteiger partial charge in [-0.25, -0.2) is 5.01 Å². The van der Waals surface area contributed by atoms with E-state index in [2.05, 4.69) is 17.4 Å². The van der Waals surface area contributed by atoms with Gasteiger partial charge in [-0.05, 0) is 33.8 Å². The van der Waals surface area contributed by atoms with Gasteiger partial charge in [0.15, 0.2) is 5.76 Å². The standard InChI is InChI=1S/C21H28N2O5/c1-8-16-15-10-14(11-17(24)28-21(5,6)7)27-20(15)19(13(3)4)22-23(16)12-18(25)26-9-2/h10,13H,1,9,11-12H2,2-7H3. The van der Waals surface area contributed by atoms with Crippen molar-refractivity contribution in [1.29, 1.82) is 0 Å². The van der Waals surface area contributed by atoms with Crippen LogP contribution < -0.4 is 0 Å². The first-order valence-electron chi connectivity index (χ1n) is 9.32. The van der Waals surface area contributed by atoms with Crippen LogP contribution in [0.25, 0.3) is 5.70 Å². The summed E-state index contributed by atoms with van der Waals surface area (Å²) in [4.78, 5) is 24.1. The van der Waals surface area contributed by atoms with E-state index in [-0.39, 0.29) is 31.5 Å². The molecule has 0 saturated carbocycles. The highest BCUT2D eigenvalue weighted by Crippen LogP contribution is 2.33. The van der Waals surface area contributed by atoms with Gasteiger partial charge in [-0.3, -0.25) is 9.59 Å². The molecule has 0 N–H and O–H groups in total. The van der Waals surface area contributed by atoms with Crippen LogP contribution in [-0.4, -0.2) is 41.4 Å². The van der Waals surface area contributed by atoms with E-state index in [4.69, 9.17) is 13.9 Å². The normalized spacial score (nSPS) is 13.8. The van der Waals surface area contributed by atoms with Crippen molar-refractivity contribution in [3.63, 3.8) is 0 Å². The van der Waals surface area contributed by atoms with Crippen LogP contribution >= 0.6 is 0 Å². The minimum absolute atomic E-state index is 0.00204. The molecule has 0 spiro atoms. The van der Waals surface area contributed by atoms with Gasteiger partial charge in [0.25, 0.3) is 0 Å². The number of hydrazone groups is 1. The summed E-state index contributed by atoms with van der Waals surface area (Å²) in [5, 5.41) is 6.06. The number of fused-ring (bicyclic) bond motifs is 1. The van der Waals surface area contributed by atoms with Crippen molar-refractivity contribution in [3.8, 4) is 0 Å². The van der Waals surface area contributed by atoms with Crippen LogP contribution in [0, 0.1) is 5.92 Å². The first kappa shape index (κ1) is 21.5. The minimum Gasteiger partial charge on any atom is -0.465 e. The number of esters is 2. The summed E-state index contributed by atoms with van der Waals surface area (Å²) < 4.78 is 16.3. The Bertz CT molecular complexity index is 835. The van der Waals surface area contributed by atoms with Crippen molar-refractivity contribution >= 4 is 23.3 Å². The van der Waals surface area contributed by atoms with Crippen LogP contribution in [0.5, 0.6) is 0 Å². The lowest BCUT2D eigenvalue weighted by Gasteiger charge is -2.26. The van der Waals surface area contributed by atoms with Gasteiger partial charge in [-0.2, -0.15) is 5.10 Å². The summed E-state index contributed by atoms with van der Waals surface area (Å²) in [6.07, 6.45) is -0.00204. The molecule has 2 heterocycles. The Morgan fingerprint density at radius 1 is 1.32 bits per heavy atom. The highest BCUT2D eigenvalue weighted by atomic mass is 16.6. The zero-order valence-electron chi connectivity index (χ0n) is 17.4. The third-order valence-electron chi connectivity index (χ3n) is 3.79. The van der Waals surface area contributed by atoms with Gasteiger partial charge in [0.1, 0.15) is 35.7 Å². The SMILES string of the molecule is C=C=C1c2cc(CC(=O)OC(C)(C)C)oc2C(C(C)C)=NN1CC(=O)OCC. The van der Waals surface area contributed by atoms with Crippen molar-refractivity contribution in [2.24, 2.45) is 11.0 Å². The Kier molecular flexibility index (Phi) is 6.52. The number of rotatable bonds is 6. The van der Waals surface area contributed by atoms with Gasteiger partial charge < -0.3 is 13.9 Å². The van der Waals surface area contributed by atoms with E-state index in [9.17, 15) is 9.59 Å². The Balaban J connectivity index is 2.37. The second-order valence-corrected chi connectivity index (χ2v) is 7.75. The molecule has 152 valence electrons. The van der Waals surface area contributed by atoms with Crippen molar-refractivity contribution in [3.05, 3.63) is 35.5 Å². The molecule has 1 aromatic rings. The van der Waals surface area contributed by atoms with Gasteiger partial charge in [0.05, 0.1) is 12.2 Å². The van der Waals surface area contributed by atoms with Gasteiger partial charge in [-0.15, -0.1) is 5.73 Å². The summed E-state index contributed by atoms with van der Waals surface area (Å²) in [7, 11) is 0. The molecular formula is C21H28N2O5. The summed E-state index contributed by atoms with van der Waals surface area (Å²) in [6.45, 7) is 15.1. The Labute approximate surface area is 165 Å². The second-order valence-electron chi connectivity index (χ2n) is 7.75. The van der Waals surface area contributed by atoms with Crippen LogP contribution in [-0.2, 0) is 25.5 Å². The predicted molar refractivity (Wildman–Crippen MR) is 106 cm³/mol. The molecule has 0 saturated heterocycles. The van der Waals surface area contributed by atoms with Crippen molar-refractivity contribution < 1.29 is 23.5 Å². The van der Waals surface area contributed by atoms with Crippen LogP contribution in [0.3, 0.4) is 0 Å². The molecule has 7 nitrogen and oxygen atoms in total. The minimum atomic E-state index is -0.573. The molecule has 0 amide bonds. The predicted octanol–water partition coefficient (Wildman–Crippen LogP) is 3.53. The summed E-state index contributed by atoms with van der Waals surface area (Å²) >= 11 is 0. The fourth-order valence-corrected chi connectivity index (χ4v) is 2.79. The molecule has 0 unspecified atom stereocenters. The lowest BCUT2D eigenvalue weighted by Crippen LogP contribution is -2.31. The molecule has 0 radical (unpaired) electrons. The molecule has 1 aromatic heterocycles. The fourth-order valence-electron chi connectivity index (χ4n) is 2.79. The number of carbonyl (C=O) groups is 2. The fraction of sp³-hybridized carbons (Fsp3) is 0.524. The van der Waals surface area contributed by atoms with Crippen molar-refractivity contribution in [2.75, 3.05) is 13.2 Å². The number of carbonyl (C=O) groups excluding carboxylic acids is 2. The summed E-state index contributed by atoms with van der Waals surface area (Å²) in [5.41, 5.74) is 4.12. The number of hydrogen-bond donors (Lipinski definition) is 0. The molecule has 0 bridgehead atoms. The van der Waals surface area contributed by atoms with Crippen molar-refractivity contribution in [2.45, 2.75) is 53.6 Å². The lowest BCUT2D eigenvalue weighted by molar-refractivity contribution is -0.154. The molecule has 0 fully saturated rings. The Morgan fingerprint density at radius 3 is 2.54 bits per heavy atom. The quantitative estimate of drug-likeness (QED) is 0.548. The van der Waals surface area contributed by atoms with Gasteiger partial charge in [0.2, 0.25) is 0 Å². The van der Waals surface area contributed by atoms with E-state index in [0.29, 0.717) is 28.5 Å². The summed E-state index contributed by atoms with van der Waals surface area (Å²) in [5.74, 6) is 0.269. The first-order valence-corrected chi connectivity index (χ1v) is 9.32. The molecule has 0 aliphatic carbocycles. The van der Waals surface area contributed by atoms with Gasteiger partial charge >= 0.3 is 11.9 Å². The maximum Gasteiger partial charge on any atom is 0.327 e. The molecule has 28 heavy (non-hydrogen) atoms. The number of ether oxygens (including phenoxy) is 2. The van der Waals surface area contributed by atoms with Crippen LogP contribution in [0.1, 0.15) is 58.6 Å². The smallest absolute Gasteiger partial charge is 0.327 e.